The molecule has 0 fully saturated rings. The molecule has 13 heavy (non-hydrogen) atoms. The fraction of sp³-hybridized carbons (Fsp3) is 0.286. The second-order valence-corrected chi connectivity index (χ2v) is 2.36. The van der Waals surface area contributed by atoms with Gasteiger partial charge in [-0.1, -0.05) is 0 Å². The van der Waals surface area contributed by atoms with Crippen molar-refractivity contribution in [2.24, 2.45) is 0 Å². The predicted molar refractivity (Wildman–Crippen MR) is 44.6 cm³/mol. The molecule has 1 aromatic heterocycles. The van der Waals surface area contributed by atoms with Crippen molar-refractivity contribution >= 4 is 11.5 Å². The molecule has 0 radical (unpaired) electrons. The summed E-state index contributed by atoms with van der Waals surface area (Å²) in [6, 6.07) is 1.06. The molecule has 6 heteroatoms. The molecule has 0 amide bonds. The average molecular weight is 189 g/mol. The van der Waals surface area contributed by atoms with Crippen molar-refractivity contribution in [3.63, 3.8) is 0 Å². The lowest BCUT2D eigenvalue weighted by Crippen LogP contribution is -2.03. The zero-order valence-corrected chi connectivity index (χ0v) is 6.92. The number of methoxy groups -OCH3 is 1. The summed E-state index contributed by atoms with van der Waals surface area (Å²) in [5.41, 5.74) is 10.3. The van der Waals surface area contributed by atoms with Gasteiger partial charge in [-0.2, -0.15) is 4.98 Å². The summed E-state index contributed by atoms with van der Waals surface area (Å²) in [7, 11) is 1.24. The third kappa shape index (κ3) is 1.77. The zero-order valence-electron chi connectivity index (χ0n) is 6.92. The van der Waals surface area contributed by atoms with Gasteiger partial charge < -0.3 is 16.2 Å². The zero-order chi connectivity index (χ0) is 10.0. The molecule has 4 N–H and O–H groups in total. The molecular formula is C7H9F2N3O. The number of alkyl halides is 2. The lowest BCUT2D eigenvalue weighted by molar-refractivity contribution is 0.146. The number of anilines is 2. The molecular weight excluding hydrogens is 180 g/mol. The van der Waals surface area contributed by atoms with E-state index in [0.717, 1.165) is 6.07 Å². The second-order valence-electron chi connectivity index (χ2n) is 2.36. The third-order valence-electron chi connectivity index (χ3n) is 1.50. The molecule has 0 aliphatic heterocycles. The molecule has 0 aliphatic rings. The highest BCUT2D eigenvalue weighted by atomic mass is 19.3. The van der Waals surface area contributed by atoms with E-state index in [1.54, 1.807) is 0 Å². The van der Waals surface area contributed by atoms with E-state index < -0.39 is 6.43 Å². The number of nitrogen functional groups attached to an aromatic ring is 2. The maximum Gasteiger partial charge on any atom is 0.269 e. The van der Waals surface area contributed by atoms with Gasteiger partial charge in [-0.15, -0.1) is 0 Å². The lowest BCUT2D eigenvalue weighted by Gasteiger charge is -2.08. The molecule has 0 saturated carbocycles. The summed E-state index contributed by atoms with van der Waals surface area (Å²) in [4.78, 5) is 3.56. The number of hydrogen-bond donors (Lipinski definition) is 2. The van der Waals surface area contributed by atoms with Crippen LogP contribution < -0.4 is 16.2 Å². The fourth-order valence-corrected chi connectivity index (χ4v) is 0.862. The highest BCUT2D eigenvalue weighted by molar-refractivity contribution is 5.61. The second kappa shape index (κ2) is 3.42. The Kier molecular flexibility index (Phi) is 2.50. The standard InChI is InChI=1S/C7H9F2N3O/c1-13-7-3(5(8)9)2-4(10)6(11)12-7/h2,5H,10H2,1H3,(H2,11,12). The van der Waals surface area contributed by atoms with Crippen LogP contribution in [0.15, 0.2) is 6.07 Å². The summed E-state index contributed by atoms with van der Waals surface area (Å²) < 4.78 is 29.2. The topological polar surface area (TPSA) is 74.2 Å². The average Bonchev–Trinajstić information content (AvgIpc) is 2.08. The first-order valence-corrected chi connectivity index (χ1v) is 3.44. The van der Waals surface area contributed by atoms with Crippen molar-refractivity contribution in [3.05, 3.63) is 11.6 Å². The van der Waals surface area contributed by atoms with Gasteiger partial charge in [-0.25, -0.2) is 8.78 Å². The van der Waals surface area contributed by atoms with E-state index in [1.807, 2.05) is 0 Å². The lowest BCUT2D eigenvalue weighted by atomic mass is 10.2. The number of halogens is 2. The minimum Gasteiger partial charge on any atom is -0.481 e. The van der Waals surface area contributed by atoms with Gasteiger partial charge in [-0.05, 0) is 6.07 Å². The Balaban J connectivity index is 3.25. The summed E-state index contributed by atoms with van der Waals surface area (Å²) in [5, 5.41) is 0. The van der Waals surface area contributed by atoms with Crippen LogP contribution in [0.5, 0.6) is 5.88 Å². The van der Waals surface area contributed by atoms with Crippen LogP contribution in [0.4, 0.5) is 20.3 Å². The van der Waals surface area contributed by atoms with E-state index in [-0.39, 0.29) is 22.9 Å². The van der Waals surface area contributed by atoms with Crippen LogP contribution in [0, 0.1) is 0 Å². The van der Waals surface area contributed by atoms with Gasteiger partial charge in [0.15, 0.2) is 5.82 Å². The van der Waals surface area contributed by atoms with Gasteiger partial charge in [0.1, 0.15) is 0 Å². The quantitative estimate of drug-likeness (QED) is 0.732. The van der Waals surface area contributed by atoms with E-state index >= 15 is 0 Å². The van der Waals surface area contributed by atoms with Crippen molar-refractivity contribution in [2.45, 2.75) is 6.43 Å². The highest BCUT2D eigenvalue weighted by Crippen LogP contribution is 2.30. The number of nitrogens with zero attached hydrogens (tertiary/aromatic N) is 1. The number of aromatic nitrogens is 1. The number of pyridine rings is 1. The van der Waals surface area contributed by atoms with Crippen molar-refractivity contribution in [1.29, 1.82) is 0 Å². The SMILES string of the molecule is COc1nc(N)c(N)cc1C(F)F. The molecule has 0 spiro atoms. The van der Waals surface area contributed by atoms with Gasteiger partial charge in [0.25, 0.3) is 6.43 Å². The molecule has 4 nitrogen and oxygen atoms in total. The predicted octanol–water partition coefficient (Wildman–Crippen LogP) is 1.19. The van der Waals surface area contributed by atoms with Crippen LogP contribution in [-0.2, 0) is 0 Å². The largest absolute Gasteiger partial charge is 0.481 e. The van der Waals surface area contributed by atoms with Gasteiger partial charge in [0, 0.05) is 0 Å². The normalized spacial score (nSPS) is 10.5. The van der Waals surface area contributed by atoms with Crippen molar-refractivity contribution in [1.82, 2.24) is 4.98 Å². The van der Waals surface area contributed by atoms with E-state index in [9.17, 15) is 8.78 Å². The highest BCUT2D eigenvalue weighted by Gasteiger charge is 2.16. The van der Waals surface area contributed by atoms with E-state index in [1.165, 1.54) is 7.11 Å². The summed E-state index contributed by atoms with van der Waals surface area (Å²) in [5.74, 6) is -0.206. The van der Waals surface area contributed by atoms with Crippen LogP contribution in [0.1, 0.15) is 12.0 Å². The summed E-state index contributed by atoms with van der Waals surface area (Å²) in [6.45, 7) is 0. The molecule has 1 heterocycles. The molecule has 0 aliphatic carbocycles. The Morgan fingerprint density at radius 1 is 1.46 bits per heavy atom. The molecule has 0 bridgehead atoms. The fourth-order valence-electron chi connectivity index (χ4n) is 0.862. The van der Waals surface area contributed by atoms with Gasteiger partial charge in [0.2, 0.25) is 5.88 Å². The van der Waals surface area contributed by atoms with Crippen LogP contribution in [0.25, 0.3) is 0 Å². The van der Waals surface area contributed by atoms with Crippen molar-refractivity contribution < 1.29 is 13.5 Å². The van der Waals surface area contributed by atoms with E-state index in [2.05, 4.69) is 9.72 Å². The Morgan fingerprint density at radius 3 is 2.54 bits per heavy atom. The molecule has 0 saturated heterocycles. The van der Waals surface area contributed by atoms with Crippen LogP contribution in [-0.4, -0.2) is 12.1 Å². The van der Waals surface area contributed by atoms with E-state index in [0.29, 0.717) is 0 Å². The summed E-state index contributed by atoms with van der Waals surface area (Å²) >= 11 is 0. The monoisotopic (exact) mass is 189 g/mol. The number of nitrogens with two attached hydrogens (primary N) is 2. The molecule has 1 aromatic rings. The molecule has 1 rings (SSSR count). The Bertz CT molecular complexity index is 317. The maximum absolute atomic E-state index is 12.3. The van der Waals surface area contributed by atoms with Crippen LogP contribution in [0.3, 0.4) is 0 Å². The first-order chi connectivity index (χ1) is 6.06. The number of rotatable bonds is 2. The molecule has 0 atom stereocenters. The smallest absolute Gasteiger partial charge is 0.269 e. The molecule has 72 valence electrons. The van der Waals surface area contributed by atoms with Crippen LogP contribution >= 0.6 is 0 Å². The Labute approximate surface area is 73.5 Å². The van der Waals surface area contributed by atoms with Crippen molar-refractivity contribution in [2.75, 3.05) is 18.6 Å². The van der Waals surface area contributed by atoms with E-state index in [4.69, 9.17) is 11.5 Å². The van der Waals surface area contributed by atoms with Gasteiger partial charge in [0.05, 0.1) is 18.4 Å². The third-order valence-corrected chi connectivity index (χ3v) is 1.50. The van der Waals surface area contributed by atoms with Crippen LogP contribution in [0.2, 0.25) is 0 Å². The minimum absolute atomic E-state index is 0.0127. The number of ether oxygens (including phenoxy) is 1. The first kappa shape index (κ1) is 9.50. The summed E-state index contributed by atoms with van der Waals surface area (Å²) in [6.07, 6.45) is -2.68. The Hall–Kier alpha value is -1.59. The Morgan fingerprint density at radius 2 is 2.08 bits per heavy atom. The molecule has 0 unspecified atom stereocenters. The van der Waals surface area contributed by atoms with Gasteiger partial charge >= 0.3 is 0 Å². The van der Waals surface area contributed by atoms with Gasteiger partial charge in [-0.3, -0.25) is 0 Å². The first-order valence-electron chi connectivity index (χ1n) is 3.44. The maximum atomic E-state index is 12.3. The molecule has 0 aromatic carbocycles. The van der Waals surface area contributed by atoms with Crippen molar-refractivity contribution in [3.8, 4) is 5.88 Å². The number of hydrogen-bond acceptors (Lipinski definition) is 4. The minimum atomic E-state index is -2.68.